The van der Waals surface area contributed by atoms with E-state index in [1.807, 2.05) is 36.4 Å². The predicted octanol–water partition coefficient (Wildman–Crippen LogP) is 2.67. The molecule has 0 aliphatic heterocycles. The van der Waals surface area contributed by atoms with Crippen molar-refractivity contribution < 1.29 is 8.42 Å². The van der Waals surface area contributed by atoms with Crippen LogP contribution in [0.3, 0.4) is 0 Å². The minimum Gasteiger partial charge on any atom is -0.392 e. The van der Waals surface area contributed by atoms with Gasteiger partial charge in [-0.15, -0.1) is 0 Å². The molecule has 0 radical (unpaired) electrons. The Kier molecular flexibility index (Phi) is 4.49. The van der Waals surface area contributed by atoms with Crippen molar-refractivity contribution in [2.45, 2.75) is 19.1 Å². The van der Waals surface area contributed by atoms with Crippen LogP contribution >= 0.6 is 12.2 Å². The van der Waals surface area contributed by atoms with E-state index in [-0.39, 0.29) is 4.99 Å². The summed E-state index contributed by atoms with van der Waals surface area (Å²) in [4.78, 5) is -0.0197. The van der Waals surface area contributed by atoms with Crippen LogP contribution in [-0.4, -0.2) is 25.2 Å². The van der Waals surface area contributed by atoms with Crippen molar-refractivity contribution in [1.82, 2.24) is 0 Å². The van der Waals surface area contributed by atoms with E-state index < -0.39 is 15.3 Å². The van der Waals surface area contributed by atoms with Gasteiger partial charge in [0.1, 0.15) is 5.25 Å². The molecule has 0 saturated heterocycles. The largest absolute Gasteiger partial charge is 0.392 e. The van der Waals surface area contributed by atoms with Gasteiger partial charge < -0.3 is 5.73 Å². The molecule has 1 atom stereocenters. The molecule has 6 heteroatoms. The zero-order valence-electron chi connectivity index (χ0n) is 12.0. The molecular weight excluding hydrogens is 304 g/mol. The summed E-state index contributed by atoms with van der Waals surface area (Å²) in [5.41, 5.74) is 6.18. The van der Waals surface area contributed by atoms with Crippen LogP contribution in [0, 0.1) is 0 Å². The summed E-state index contributed by atoms with van der Waals surface area (Å²) in [6.45, 7) is 3.64. The third-order valence-corrected chi connectivity index (χ3v) is 6.20. The summed E-state index contributed by atoms with van der Waals surface area (Å²) in [6, 6.07) is 13.3. The second-order valence-corrected chi connectivity index (χ2v) is 7.40. The van der Waals surface area contributed by atoms with Crippen molar-refractivity contribution in [3.05, 3.63) is 42.5 Å². The summed E-state index contributed by atoms with van der Waals surface area (Å²) >= 11 is 4.85. The third-order valence-electron chi connectivity index (χ3n) is 3.48. The molecule has 2 rings (SSSR count). The monoisotopic (exact) mass is 322 g/mol. The smallest absolute Gasteiger partial charge is 0.244 e. The standard InChI is InChI=1S/C15H18N2O2S2/c1-3-17(21(18,19)11(2)15(16)20)14-10-6-8-12-7-4-5-9-13(12)14/h4-11H,3H2,1-2H3,(H2,16,20). The van der Waals surface area contributed by atoms with Crippen LogP contribution in [0.5, 0.6) is 0 Å². The Bertz CT molecular complexity index is 767. The lowest BCUT2D eigenvalue weighted by atomic mass is 10.1. The normalized spacial score (nSPS) is 13.0. The van der Waals surface area contributed by atoms with Crippen molar-refractivity contribution in [3.8, 4) is 0 Å². The molecule has 2 N–H and O–H groups in total. The average Bonchev–Trinajstić information content (AvgIpc) is 2.47. The predicted molar refractivity (Wildman–Crippen MR) is 92.1 cm³/mol. The second kappa shape index (κ2) is 5.99. The van der Waals surface area contributed by atoms with Gasteiger partial charge in [-0.25, -0.2) is 8.42 Å². The van der Waals surface area contributed by atoms with Gasteiger partial charge in [-0.05, 0) is 25.3 Å². The molecule has 0 aromatic heterocycles. The number of hydrogen-bond acceptors (Lipinski definition) is 3. The van der Waals surface area contributed by atoms with E-state index in [4.69, 9.17) is 18.0 Å². The Labute approximate surface area is 130 Å². The Hall–Kier alpha value is -1.66. The first-order chi connectivity index (χ1) is 9.89. The summed E-state index contributed by atoms with van der Waals surface area (Å²) in [5, 5.41) is 0.985. The molecule has 0 aliphatic carbocycles. The van der Waals surface area contributed by atoms with E-state index in [1.54, 1.807) is 13.0 Å². The van der Waals surface area contributed by atoms with E-state index in [0.29, 0.717) is 12.2 Å². The van der Waals surface area contributed by atoms with Crippen LogP contribution < -0.4 is 10.0 Å². The van der Waals surface area contributed by atoms with Gasteiger partial charge in [0.05, 0.1) is 10.7 Å². The van der Waals surface area contributed by atoms with Gasteiger partial charge in [0.25, 0.3) is 0 Å². The average molecular weight is 322 g/mol. The molecule has 2 aromatic rings. The molecule has 21 heavy (non-hydrogen) atoms. The second-order valence-electron chi connectivity index (χ2n) is 4.75. The van der Waals surface area contributed by atoms with Crippen LogP contribution in [0.1, 0.15) is 13.8 Å². The third kappa shape index (κ3) is 2.87. The molecule has 0 aliphatic rings. The minimum absolute atomic E-state index is 0.0197. The van der Waals surface area contributed by atoms with Crippen molar-refractivity contribution in [2.75, 3.05) is 10.8 Å². The molecule has 4 nitrogen and oxygen atoms in total. The molecule has 112 valence electrons. The van der Waals surface area contributed by atoms with E-state index in [1.165, 1.54) is 11.2 Å². The molecule has 1 unspecified atom stereocenters. The number of fused-ring (bicyclic) bond motifs is 1. The number of nitrogens with zero attached hydrogens (tertiary/aromatic N) is 1. The molecule has 2 aromatic carbocycles. The number of hydrogen-bond donors (Lipinski definition) is 1. The Morgan fingerprint density at radius 3 is 2.48 bits per heavy atom. The van der Waals surface area contributed by atoms with E-state index in [0.717, 1.165) is 10.8 Å². The van der Waals surface area contributed by atoms with Crippen LogP contribution in [-0.2, 0) is 10.0 Å². The SMILES string of the molecule is CCN(c1cccc2ccccc12)S(=O)(=O)C(C)C(N)=S. The molecule has 0 bridgehead atoms. The van der Waals surface area contributed by atoms with E-state index in [2.05, 4.69) is 0 Å². The fourth-order valence-corrected chi connectivity index (χ4v) is 4.08. The molecule has 0 spiro atoms. The minimum atomic E-state index is -3.63. The summed E-state index contributed by atoms with van der Waals surface area (Å²) < 4.78 is 26.8. The lowest BCUT2D eigenvalue weighted by molar-refractivity contribution is 0.589. The first kappa shape index (κ1) is 15.7. The van der Waals surface area contributed by atoms with Crippen LogP contribution in [0.4, 0.5) is 5.69 Å². The number of anilines is 1. The zero-order valence-corrected chi connectivity index (χ0v) is 13.6. The van der Waals surface area contributed by atoms with Crippen molar-refractivity contribution in [2.24, 2.45) is 5.73 Å². The summed E-state index contributed by atoms with van der Waals surface area (Å²) in [7, 11) is -3.63. The highest BCUT2D eigenvalue weighted by atomic mass is 32.2. The van der Waals surface area contributed by atoms with Gasteiger partial charge in [0, 0.05) is 11.9 Å². The van der Waals surface area contributed by atoms with Crippen molar-refractivity contribution in [1.29, 1.82) is 0 Å². The van der Waals surface area contributed by atoms with Gasteiger partial charge in [-0.1, -0.05) is 48.6 Å². The Balaban J connectivity index is 2.63. The summed E-state index contributed by atoms with van der Waals surface area (Å²) in [5.74, 6) is 0. The van der Waals surface area contributed by atoms with Gasteiger partial charge in [0.2, 0.25) is 10.0 Å². The lowest BCUT2D eigenvalue weighted by Crippen LogP contribution is -2.43. The quantitative estimate of drug-likeness (QED) is 0.860. The molecular formula is C15H18N2O2S2. The van der Waals surface area contributed by atoms with E-state index in [9.17, 15) is 8.42 Å². The maximum absolute atomic E-state index is 12.7. The molecule has 0 heterocycles. The summed E-state index contributed by atoms with van der Waals surface area (Å²) in [6.07, 6.45) is 0. The molecule has 0 saturated carbocycles. The fraction of sp³-hybridized carbons (Fsp3) is 0.267. The highest BCUT2D eigenvalue weighted by Crippen LogP contribution is 2.29. The van der Waals surface area contributed by atoms with Gasteiger partial charge in [-0.3, -0.25) is 4.31 Å². The first-order valence-corrected chi connectivity index (χ1v) is 8.59. The highest BCUT2D eigenvalue weighted by Gasteiger charge is 2.30. The number of nitrogens with two attached hydrogens (primary N) is 1. The number of sulfonamides is 1. The van der Waals surface area contributed by atoms with Crippen LogP contribution in [0.25, 0.3) is 10.8 Å². The molecule has 0 amide bonds. The van der Waals surface area contributed by atoms with Crippen LogP contribution in [0.15, 0.2) is 42.5 Å². The van der Waals surface area contributed by atoms with E-state index >= 15 is 0 Å². The highest BCUT2D eigenvalue weighted by molar-refractivity contribution is 7.95. The molecule has 0 fully saturated rings. The van der Waals surface area contributed by atoms with Gasteiger partial charge >= 0.3 is 0 Å². The Morgan fingerprint density at radius 2 is 1.86 bits per heavy atom. The van der Waals surface area contributed by atoms with Gasteiger partial charge in [0.15, 0.2) is 0 Å². The van der Waals surface area contributed by atoms with Crippen LogP contribution in [0.2, 0.25) is 0 Å². The first-order valence-electron chi connectivity index (χ1n) is 6.68. The fourth-order valence-electron chi connectivity index (χ4n) is 2.25. The Morgan fingerprint density at radius 1 is 1.24 bits per heavy atom. The number of benzene rings is 2. The van der Waals surface area contributed by atoms with Crippen molar-refractivity contribution >= 4 is 43.7 Å². The van der Waals surface area contributed by atoms with Crippen molar-refractivity contribution in [3.63, 3.8) is 0 Å². The number of rotatable bonds is 5. The topological polar surface area (TPSA) is 63.4 Å². The number of thiocarbonyl (C=S) groups is 1. The van der Waals surface area contributed by atoms with Gasteiger partial charge in [-0.2, -0.15) is 0 Å². The maximum atomic E-state index is 12.7. The lowest BCUT2D eigenvalue weighted by Gasteiger charge is -2.27. The maximum Gasteiger partial charge on any atom is 0.244 e. The zero-order chi connectivity index (χ0) is 15.6.